The highest BCUT2D eigenvalue weighted by molar-refractivity contribution is 7.93. The van der Waals surface area contributed by atoms with Crippen LogP contribution in [0.5, 0.6) is 5.75 Å². The summed E-state index contributed by atoms with van der Waals surface area (Å²) in [5.41, 5.74) is 0.525. The minimum Gasteiger partial charge on any atom is -0.475 e. The van der Waals surface area contributed by atoms with Crippen LogP contribution in [0.1, 0.15) is 0 Å². The van der Waals surface area contributed by atoms with E-state index in [9.17, 15) is 21.6 Å². The van der Waals surface area contributed by atoms with E-state index in [-0.39, 0.29) is 22.9 Å². The molecule has 28 heavy (non-hydrogen) atoms. The third-order valence-electron chi connectivity index (χ3n) is 3.94. The second-order valence-corrected chi connectivity index (χ2v) is 9.64. The van der Waals surface area contributed by atoms with Crippen LogP contribution in [0.15, 0.2) is 53.4 Å². The number of hydrogen-bond donors (Lipinski definition) is 1. The molecule has 0 unspecified atom stereocenters. The van der Waals surface area contributed by atoms with E-state index in [1.54, 1.807) is 24.3 Å². The lowest BCUT2D eigenvalue weighted by Gasteiger charge is -2.34. The van der Waals surface area contributed by atoms with Crippen molar-refractivity contribution in [2.45, 2.75) is 11.0 Å². The number of carbonyl (C=O) groups is 1. The van der Waals surface area contributed by atoms with Crippen LogP contribution in [0, 0.1) is 0 Å². The van der Waals surface area contributed by atoms with Crippen molar-refractivity contribution in [3.8, 4) is 5.75 Å². The zero-order valence-corrected chi connectivity index (χ0v) is 16.7. The molecule has 1 N–H and O–H groups in total. The number of para-hydroxylation sites is 2. The molecule has 1 aliphatic rings. The molecule has 0 aromatic heterocycles. The van der Waals surface area contributed by atoms with Crippen molar-refractivity contribution < 1.29 is 31.1 Å². The topological polar surface area (TPSA) is 119 Å². The lowest BCUT2D eigenvalue weighted by molar-refractivity contribution is -0.148. The van der Waals surface area contributed by atoms with Crippen LogP contribution in [-0.4, -0.2) is 48.8 Å². The van der Waals surface area contributed by atoms with Crippen LogP contribution in [0.2, 0.25) is 0 Å². The Hall–Kier alpha value is -2.79. The summed E-state index contributed by atoms with van der Waals surface area (Å²) < 4.78 is 62.6. The van der Waals surface area contributed by atoms with Crippen LogP contribution >= 0.6 is 0 Å². The maximum Gasteiger partial charge on any atom is 0.348 e. The van der Waals surface area contributed by atoms with Crippen LogP contribution in [0.25, 0.3) is 0 Å². The molecule has 0 spiro atoms. The third-order valence-corrected chi connectivity index (χ3v) is 6.34. The Labute approximate surface area is 163 Å². The number of nitrogens with zero attached hydrogens (tertiary/aromatic N) is 1. The highest BCUT2D eigenvalue weighted by Crippen LogP contribution is 2.37. The van der Waals surface area contributed by atoms with E-state index in [0.717, 1.165) is 10.6 Å². The molecule has 9 nitrogen and oxygen atoms in total. The lowest BCUT2D eigenvalue weighted by atomic mass is 10.2. The molecule has 150 valence electrons. The molecule has 3 rings (SSSR count). The number of nitrogens with one attached hydrogen (secondary N) is 1. The summed E-state index contributed by atoms with van der Waals surface area (Å²) in [5.74, 6) is -0.453. The Morgan fingerprint density at radius 2 is 1.75 bits per heavy atom. The van der Waals surface area contributed by atoms with Gasteiger partial charge in [-0.25, -0.2) is 21.6 Å². The van der Waals surface area contributed by atoms with Gasteiger partial charge < -0.3 is 9.47 Å². The third kappa shape index (κ3) is 4.04. The Morgan fingerprint density at radius 1 is 1.11 bits per heavy atom. The molecule has 1 aliphatic heterocycles. The summed E-state index contributed by atoms with van der Waals surface area (Å²) >= 11 is 0. The molecule has 11 heteroatoms. The van der Waals surface area contributed by atoms with E-state index in [0.29, 0.717) is 5.69 Å². The molecule has 0 bridgehead atoms. The van der Waals surface area contributed by atoms with Crippen molar-refractivity contribution in [1.29, 1.82) is 0 Å². The van der Waals surface area contributed by atoms with Crippen LogP contribution in [0.3, 0.4) is 0 Å². The van der Waals surface area contributed by atoms with E-state index >= 15 is 0 Å². The molecule has 0 aliphatic carbocycles. The van der Waals surface area contributed by atoms with Gasteiger partial charge in [0.25, 0.3) is 10.0 Å². The number of esters is 1. The number of hydrogen-bond acceptors (Lipinski definition) is 7. The predicted molar refractivity (Wildman–Crippen MR) is 102 cm³/mol. The molecule has 2 aromatic carbocycles. The number of anilines is 2. The Balaban J connectivity index is 1.99. The summed E-state index contributed by atoms with van der Waals surface area (Å²) in [6.07, 6.45) is -0.115. The number of sulfonamides is 2. The number of fused-ring (bicyclic) bond motifs is 1. The minimum atomic E-state index is -4.04. The van der Waals surface area contributed by atoms with E-state index in [2.05, 4.69) is 9.46 Å². The zero-order chi connectivity index (χ0) is 20.5. The number of benzene rings is 2. The lowest BCUT2D eigenvalue weighted by Crippen LogP contribution is -2.47. The molecule has 1 heterocycles. The van der Waals surface area contributed by atoms with E-state index < -0.39 is 32.1 Å². The summed E-state index contributed by atoms with van der Waals surface area (Å²) in [6.45, 7) is -0.255. The van der Waals surface area contributed by atoms with Crippen molar-refractivity contribution >= 4 is 37.4 Å². The molecular weight excluding hydrogens is 408 g/mol. The fourth-order valence-corrected chi connectivity index (χ4v) is 4.76. The van der Waals surface area contributed by atoms with Crippen molar-refractivity contribution in [2.75, 3.05) is 28.9 Å². The molecule has 0 saturated heterocycles. The maximum atomic E-state index is 13.2. The normalized spacial score (nSPS) is 16.6. The monoisotopic (exact) mass is 426 g/mol. The SMILES string of the molecule is COC(=O)[C@@H]1CN(S(=O)(=O)c2ccc(NS(C)(=O)=O)cc2)c2ccccc2O1. The van der Waals surface area contributed by atoms with Gasteiger partial charge in [-0.05, 0) is 36.4 Å². The molecule has 2 aromatic rings. The molecule has 0 fully saturated rings. The second kappa shape index (κ2) is 7.32. The van der Waals surface area contributed by atoms with Gasteiger partial charge >= 0.3 is 5.97 Å². The van der Waals surface area contributed by atoms with Crippen molar-refractivity contribution in [3.63, 3.8) is 0 Å². The summed E-state index contributed by atoms with van der Waals surface area (Å²) in [6, 6.07) is 11.7. The van der Waals surface area contributed by atoms with Gasteiger partial charge in [-0.15, -0.1) is 0 Å². The zero-order valence-electron chi connectivity index (χ0n) is 15.0. The second-order valence-electron chi connectivity index (χ2n) is 6.03. The minimum absolute atomic E-state index is 0.0631. The van der Waals surface area contributed by atoms with Gasteiger partial charge in [0.2, 0.25) is 16.1 Å². The summed E-state index contributed by atoms with van der Waals surface area (Å²) in [4.78, 5) is 11.9. The van der Waals surface area contributed by atoms with Gasteiger partial charge in [0.1, 0.15) is 5.75 Å². The molecule has 0 radical (unpaired) electrons. The number of carbonyl (C=O) groups excluding carboxylic acids is 1. The molecule has 0 saturated carbocycles. The standard InChI is InChI=1S/C17H18N2O7S2/c1-25-17(20)16-11-19(14-5-3-4-6-15(14)26-16)28(23,24)13-9-7-12(8-10-13)18-27(2,21)22/h3-10,16,18H,11H2,1-2H3/t16-/m0/s1. The van der Waals surface area contributed by atoms with Crippen molar-refractivity contribution in [3.05, 3.63) is 48.5 Å². The first kappa shape index (κ1) is 20.0. The van der Waals surface area contributed by atoms with Crippen LogP contribution in [-0.2, 0) is 29.6 Å². The van der Waals surface area contributed by atoms with Crippen molar-refractivity contribution in [1.82, 2.24) is 0 Å². The van der Waals surface area contributed by atoms with Crippen molar-refractivity contribution in [2.24, 2.45) is 0 Å². The number of methoxy groups -OCH3 is 1. The first-order valence-corrected chi connectivity index (χ1v) is 11.4. The highest BCUT2D eigenvalue weighted by Gasteiger charge is 2.37. The Kier molecular flexibility index (Phi) is 5.22. The molecular formula is C17H18N2O7S2. The smallest absolute Gasteiger partial charge is 0.348 e. The Morgan fingerprint density at radius 3 is 2.36 bits per heavy atom. The highest BCUT2D eigenvalue weighted by atomic mass is 32.2. The predicted octanol–water partition coefficient (Wildman–Crippen LogP) is 1.19. The van der Waals surface area contributed by atoms with Gasteiger partial charge in [0, 0.05) is 5.69 Å². The maximum absolute atomic E-state index is 13.2. The van der Waals surface area contributed by atoms with Gasteiger partial charge in [-0.2, -0.15) is 0 Å². The van der Waals surface area contributed by atoms with E-state index in [4.69, 9.17) is 4.74 Å². The summed E-state index contributed by atoms with van der Waals surface area (Å²) in [7, 11) is -6.33. The quantitative estimate of drug-likeness (QED) is 0.713. The number of ether oxygens (including phenoxy) is 2. The first-order valence-electron chi connectivity index (χ1n) is 8.06. The van der Waals surface area contributed by atoms with Gasteiger partial charge in [0.05, 0.1) is 30.5 Å². The fraction of sp³-hybridized carbons (Fsp3) is 0.235. The van der Waals surface area contributed by atoms with E-state index in [1.165, 1.54) is 31.4 Å². The summed E-state index contributed by atoms with van der Waals surface area (Å²) in [5, 5.41) is 0. The van der Waals surface area contributed by atoms with Gasteiger partial charge in [-0.1, -0.05) is 12.1 Å². The van der Waals surface area contributed by atoms with E-state index in [1.807, 2.05) is 0 Å². The average molecular weight is 426 g/mol. The van der Waals surface area contributed by atoms with Gasteiger partial charge in [0.15, 0.2) is 0 Å². The van der Waals surface area contributed by atoms with Gasteiger partial charge in [-0.3, -0.25) is 9.03 Å². The molecule has 1 atom stereocenters. The van der Waals surface area contributed by atoms with Crippen LogP contribution in [0.4, 0.5) is 11.4 Å². The fourth-order valence-electron chi connectivity index (χ4n) is 2.72. The van der Waals surface area contributed by atoms with Crippen LogP contribution < -0.4 is 13.8 Å². The Bertz CT molecular complexity index is 1100. The molecule has 0 amide bonds. The number of rotatable bonds is 5. The largest absolute Gasteiger partial charge is 0.475 e. The average Bonchev–Trinajstić information content (AvgIpc) is 2.65. The first-order chi connectivity index (χ1) is 13.1.